The van der Waals surface area contributed by atoms with E-state index in [9.17, 15) is 0 Å². The highest BCUT2D eigenvalue weighted by Crippen LogP contribution is 2.56. The molecule has 106 heavy (non-hydrogen) atoms. The Bertz CT molecular complexity index is 6420. The molecule has 0 radical (unpaired) electrons. The van der Waals surface area contributed by atoms with Crippen molar-refractivity contribution in [2.45, 2.75) is 0 Å². The third kappa shape index (κ3) is 9.31. The quantitative estimate of drug-likeness (QED) is 0.120. The molecule has 6 heterocycles. The van der Waals surface area contributed by atoms with E-state index in [1.54, 1.807) is 0 Å². The molecule has 6 nitrogen and oxygen atoms in total. The Hall–Kier alpha value is -13.1. The summed E-state index contributed by atoms with van der Waals surface area (Å²) < 4.78 is 13.1. The predicted molar refractivity (Wildman–Crippen MR) is 452 cm³/mol. The molecule has 18 aromatic rings. The van der Waals surface area contributed by atoms with Crippen LogP contribution in [0.1, 0.15) is 0 Å². The SMILES string of the molecule is c1ccc(-c2cccc(-c3ccccc3)c2N2c3cc4c(cc3B3c5ccccc5N(c5cccc6sc7ccccc7c56)c5cc(N(c6ccccc6)c6ccccc6)cc2c53)B2c3ccccc3N(c3cccc5sc6ccccc6c35)c3cc(N(c5ccccc5)c5ccccc5)cc(c32)O4)cc1. The molecule has 2 aromatic heterocycles. The van der Waals surface area contributed by atoms with Crippen molar-refractivity contribution in [3.05, 3.63) is 370 Å². The van der Waals surface area contributed by atoms with Crippen molar-refractivity contribution in [3.8, 4) is 33.8 Å². The van der Waals surface area contributed by atoms with Gasteiger partial charge >= 0.3 is 0 Å². The van der Waals surface area contributed by atoms with Gasteiger partial charge in [0, 0.05) is 120 Å². The van der Waals surface area contributed by atoms with Gasteiger partial charge < -0.3 is 29.2 Å². The van der Waals surface area contributed by atoms with Crippen LogP contribution in [0.5, 0.6) is 11.5 Å². The van der Waals surface area contributed by atoms with Gasteiger partial charge in [-0.2, -0.15) is 0 Å². The van der Waals surface area contributed by atoms with Crippen molar-refractivity contribution in [1.82, 2.24) is 0 Å². The van der Waals surface area contributed by atoms with Crippen molar-refractivity contribution in [3.63, 3.8) is 0 Å². The minimum Gasteiger partial charge on any atom is -0.458 e. The Labute approximate surface area is 623 Å². The van der Waals surface area contributed by atoms with E-state index in [-0.39, 0.29) is 13.4 Å². The average Bonchev–Trinajstić information content (AvgIpc) is 0.726. The summed E-state index contributed by atoms with van der Waals surface area (Å²) in [5, 5.41) is 4.95. The van der Waals surface area contributed by atoms with E-state index < -0.39 is 0 Å². The van der Waals surface area contributed by atoms with Crippen LogP contribution < -0.4 is 62.0 Å². The lowest BCUT2D eigenvalue weighted by atomic mass is 9.30. The normalized spacial score (nSPS) is 12.9. The molecule has 0 N–H and O–H groups in total. The second kappa shape index (κ2) is 24.3. The Balaban J connectivity index is 0.874. The van der Waals surface area contributed by atoms with Crippen LogP contribution in [0.3, 0.4) is 0 Å². The first-order valence-electron chi connectivity index (χ1n) is 36.3. The average molecular weight is 1390 g/mol. The van der Waals surface area contributed by atoms with E-state index in [2.05, 4.69) is 395 Å². The lowest BCUT2D eigenvalue weighted by Gasteiger charge is -2.46. The fraction of sp³-hybridized carbons (Fsp3) is 0. The van der Waals surface area contributed by atoms with Gasteiger partial charge in [0.15, 0.2) is 0 Å². The first kappa shape index (κ1) is 60.5. The highest BCUT2D eigenvalue weighted by molar-refractivity contribution is 7.26. The van der Waals surface area contributed by atoms with Crippen LogP contribution in [0.25, 0.3) is 62.6 Å². The lowest BCUT2D eigenvalue weighted by molar-refractivity contribution is 0.488. The molecule has 0 atom stereocenters. The van der Waals surface area contributed by atoms with Crippen molar-refractivity contribution in [2.75, 3.05) is 24.5 Å². The molecule has 4 aliphatic heterocycles. The van der Waals surface area contributed by atoms with Gasteiger partial charge in [-0.25, -0.2) is 0 Å². The Morgan fingerprint density at radius 3 is 1.11 bits per heavy atom. The van der Waals surface area contributed by atoms with Crippen molar-refractivity contribution in [1.29, 1.82) is 0 Å². The topological polar surface area (TPSA) is 25.4 Å². The third-order valence-corrected chi connectivity index (χ3v) is 24.3. The minimum absolute atomic E-state index is 0.265. The Morgan fingerprint density at radius 1 is 0.245 bits per heavy atom. The van der Waals surface area contributed by atoms with Gasteiger partial charge in [0.1, 0.15) is 11.5 Å². The molecular formula is C96H61B2N5OS2. The van der Waals surface area contributed by atoms with Gasteiger partial charge in [0.2, 0.25) is 0 Å². The Morgan fingerprint density at radius 2 is 0.623 bits per heavy atom. The molecule has 10 heteroatoms. The number of para-hydroxylation sites is 7. The maximum atomic E-state index is 8.10. The van der Waals surface area contributed by atoms with Gasteiger partial charge in [-0.05, 0) is 159 Å². The number of hydrogen-bond donors (Lipinski definition) is 0. The van der Waals surface area contributed by atoms with Gasteiger partial charge in [0.05, 0.1) is 28.4 Å². The number of hydrogen-bond acceptors (Lipinski definition) is 8. The second-order valence-corrected chi connectivity index (χ2v) is 29.9. The minimum atomic E-state index is -0.277. The molecular weight excluding hydrogens is 1320 g/mol. The number of nitrogens with zero attached hydrogens (tertiary/aromatic N) is 5. The van der Waals surface area contributed by atoms with Crippen LogP contribution in [0, 0.1) is 0 Å². The van der Waals surface area contributed by atoms with Crippen LogP contribution >= 0.6 is 22.7 Å². The smallest absolute Gasteiger partial charge is 0.256 e. The summed E-state index contributed by atoms with van der Waals surface area (Å²) in [7, 11) is 0. The number of fused-ring (bicyclic) bond motifs is 14. The van der Waals surface area contributed by atoms with Crippen LogP contribution in [0.15, 0.2) is 370 Å². The Kier molecular flexibility index (Phi) is 13.8. The fourth-order valence-corrected chi connectivity index (χ4v) is 20.0. The summed E-state index contributed by atoms with van der Waals surface area (Å²) in [5.41, 5.74) is 27.6. The van der Waals surface area contributed by atoms with E-state index in [4.69, 9.17) is 4.74 Å². The van der Waals surface area contributed by atoms with Gasteiger partial charge in [-0.1, -0.05) is 243 Å². The lowest BCUT2D eigenvalue weighted by Crippen LogP contribution is -2.64. The maximum Gasteiger partial charge on any atom is 0.256 e. The highest BCUT2D eigenvalue weighted by Gasteiger charge is 2.49. The van der Waals surface area contributed by atoms with E-state index >= 15 is 0 Å². The maximum absolute atomic E-state index is 8.10. The van der Waals surface area contributed by atoms with E-state index in [1.807, 2.05) is 22.7 Å². The molecule has 0 unspecified atom stereocenters. The summed E-state index contributed by atoms with van der Waals surface area (Å²) >= 11 is 3.72. The number of thiophene rings is 2. The molecule has 0 bridgehead atoms. The first-order valence-corrected chi connectivity index (χ1v) is 37.9. The van der Waals surface area contributed by atoms with E-state index in [1.165, 1.54) is 62.2 Å². The van der Waals surface area contributed by atoms with Crippen LogP contribution in [0.4, 0.5) is 85.3 Å². The largest absolute Gasteiger partial charge is 0.458 e. The van der Waals surface area contributed by atoms with Crippen molar-refractivity contribution < 1.29 is 4.74 Å². The summed E-state index contributed by atoms with van der Waals surface area (Å²) in [6.45, 7) is -0.542. The zero-order chi connectivity index (χ0) is 69.5. The zero-order valence-electron chi connectivity index (χ0n) is 57.3. The molecule has 0 aliphatic carbocycles. The van der Waals surface area contributed by atoms with Crippen LogP contribution in [-0.2, 0) is 0 Å². The summed E-state index contributed by atoms with van der Waals surface area (Å²) in [5.74, 6) is 1.61. The number of rotatable bonds is 11. The first-order chi connectivity index (χ1) is 52.6. The molecule has 16 aromatic carbocycles. The fourth-order valence-electron chi connectivity index (χ4n) is 17.7. The molecule has 0 saturated carbocycles. The summed E-state index contributed by atoms with van der Waals surface area (Å²) in [4.78, 5) is 12.7. The second-order valence-electron chi connectivity index (χ2n) is 27.8. The van der Waals surface area contributed by atoms with Crippen molar-refractivity contribution in [2.24, 2.45) is 0 Å². The van der Waals surface area contributed by atoms with Gasteiger partial charge in [-0.3, -0.25) is 0 Å². The summed E-state index contributed by atoms with van der Waals surface area (Å²) in [6, 6.07) is 137. The van der Waals surface area contributed by atoms with E-state index in [0.29, 0.717) is 0 Å². The van der Waals surface area contributed by atoms with Crippen LogP contribution in [-0.4, -0.2) is 13.4 Å². The monoisotopic (exact) mass is 1390 g/mol. The number of ether oxygens (including phenoxy) is 1. The number of benzene rings is 16. The standard InChI is InChI=1S/C96H61B2N5OS2/c1-7-30-62(31-8-1)70-44-27-45-71(63-32-9-2-10-33-63)96(70)103-82-61-86-77(98-75-47-22-24-49-79(75)102(81-51-29-55-91-93(81)73-43-20-26-53-89(73)106-91)85-58-69(59-87(104-86)95(85)98)100(66-38-15-5-16-39-66)67-40-17-6-18-41-67)60-76(82)97-74-46-21-23-48-78(74)101(80-50-28-54-90-92(80)72-42-19-25-52-88(72)105-90)83-56-68(57-84(103)94(83)97)99(64-34-11-3-12-35-64)65-36-13-4-14-37-65/h1-61H. The van der Waals surface area contributed by atoms with E-state index in [0.717, 1.165) is 130 Å². The molecule has 0 fully saturated rings. The predicted octanol–water partition coefficient (Wildman–Crippen LogP) is 23.2. The third-order valence-electron chi connectivity index (χ3n) is 22.0. The molecule has 22 rings (SSSR count). The zero-order valence-corrected chi connectivity index (χ0v) is 59.0. The highest BCUT2D eigenvalue weighted by atomic mass is 32.1. The molecule has 4 aliphatic rings. The van der Waals surface area contributed by atoms with Gasteiger partial charge in [-0.15, -0.1) is 22.7 Å². The molecule has 0 amide bonds. The molecule has 0 saturated heterocycles. The summed E-state index contributed by atoms with van der Waals surface area (Å²) in [6.07, 6.45) is 0. The van der Waals surface area contributed by atoms with Gasteiger partial charge in [0.25, 0.3) is 13.4 Å². The van der Waals surface area contributed by atoms with Crippen LogP contribution in [0.2, 0.25) is 0 Å². The molecule has 494 valence electrons. The van der Waals surface area contributed by atoms with Crippen molar-refractivity contribution >= 4 is 195 Å². The molecule has 0 spiro atoms. The number of anilines is 15.